The molecule has 0 saturated carbocycles. The molecule has 0 radical (unpaired) electrons. The van der Waals surface area contributed by atoms with Gasteiger partial charge in [-0.25, -0.2) is 0 Å². The molecule has 1 N–H and O–H groups in total. The van der Waals surface area contributed by atoms with E-state index >= 15 is 0 Å². The van der Waals surface area contributed by atoms with Gasteiger partial charge in [0.25, 0.3) is 0 Å². The Kier molecular flexibility index (Phi) is 3.58. The van der Waals surface area contributed by atoms with Crippen LogP contribution in [0, 0.1) is 10.1 Å². The normalized spacial score (nSPS) is 10.7. The van der Waals surface area contributed by atoms with Crippen LogP contribution < -0.4 is 5.32 Å². The summed E-state index contributed by atoms with van der Waals surface area (Å²) < 4.78 is 0.915. The zero-order valence-electron chi connectivity index (χ0n) is 11.5. The summed E-state index contributed by atoms with van der Waals surface area (Å²) in [5.74, 6) is 0. The topological polar surface area (TPSA) is 55.2 Å². The van der Waals surface area contributed by atoms with Crippen molar-refractivity contribution >= 4 is 37.8 Å². The summed E-state index contributed by atoms with van der Waals surface area (Å²) in [6, 6.07) is 15.4. The number of nitrogens with zero attached hydrogens (tertiary/aromatic N) is 1. The number of hydrogen-bond donors (Lipinski definition) is 1. The second-order valence-electron chi connectivity index (χ2n) is 4.71. The van der Waals surface area contributed by atoms with Crippen LogP contribution in [0.4, 0.5) is 16.4 Å². The average Bonchev–Trinajstić information content (AvgIpc) is 2.85. The number of fused-ring (bicyclic) bond motifs is 1. The molecule has 21 heavy (non-hydrogen) atoms. The van der Waals surface area contributed by atoms with Gasteiger partial charge < -0.3 is 5.32 Å². The molecule has 1 aromatic heterocycles. The maximum absolute atomic E-state index is 11.4. The fraction of sp³-hybridized carbons (Fsp3) is 0.125. The summed E-state index contributed by atoms with van der Waals surface area (Å²) in [4.78, 5) is 11.1. The lowest BCUT2D eigenvalue weighted by Gasteiger charge is -2.05. The molecule has 4 nitrogen and oxygen atoms in total. The number of aryl methyl sites for hydroxylation is 1. The highest BCUT2D eigenvalue weighted by Gasteiger charge is 2.22. The largest absolute Gasteiger partial charge is 0.341 e. The molecule has 0 aliphatic rings. The fourth-order valence-electron chi connectivity index (χ4n) is 2.30. The number of benzene rings is 2. The number of nitrogens with one attached hydrogen (secondary N) is 1. The van der Waals surface area contributed by atoms with Crippen molar-refractivity contribution in [1.82, 2.24) is 0 Å². The Hall–Kier alpha value is -2.40. The van der Waals surface area contributed by atoms with Gasteiger partial charge in [-0.1, -0.05) is 31.2 Å². The number of nitro groups is 1. The minimum atomic E-state index is -0.315. The molecule has 0 saturated heterocycles. The molecule has 5 heteroatoms. The Morgan fingerprint density at radius 3 is 2.76 bits per heavy atom. The first-order valence-corrected chi connectivity index (χ1v) is 7.52. The number of thiophene rings is 1. The third-order valence-corrected chi connectivity index (χ3v) is 4.42. The molecule has 0 bridgehead atoms. The standard InChI is InChI=1S/C16H14N2O2S/c1-2-11-6-5-7-12(10-11)17-16-15(18(19)20)13-8-3-4-9-14(13)21-16/h3-10,17H,2H2,1H3. The van der Waals surface area contributed by atoms with Gasteiger partial charge in [-0.05, 0) is 36.2 Å². The molecule has 0 fully saturated rings. The lowest BCUT2D eigenvalue weighted by molar-refractivity contribution is -0.381. The van der Waals surface area contributed by atoms with Gasteiger partial charge in [0.2, 0.25) is 0 Å². The van der Waals surface area contributed by atoms with E-state index in [0.717, 1.165) is 16.8 Å². The fourth-order valence-corrected chi connectivity index (χ4v) is 3.39. The highest BCUT2D eigenvalue weighted by atomic mass is 32.1. The summed E-state index contributed by atoms with van der Waals surface area (Å²) in [6.45, 7) is 2.08. The van der Waals surface area contributed by atoms with Crippen LogP contribution in [0.15, 0.2) is 48.5 Å². The van der Waals surface area contributed by atoms with Gasteiger partial charge in [-0.2, -0.15) is 0 Å². The smallest absolute Gasteiger partial charge is 0.311 e. The lowest BCUT2D eigenvalue weighted by Crippen LogP contribution is -1.94. The van der Waals surface area contributed by atoms with E-state index in [1.165, 1.54) is 16.9 Å². The molecular formula is C16H14N2O2S. The van der Waals surface area contributed by atoms with Gasteiger partial charge in [-0.15, -0.1) is 11.3 Å². The zero-order chi connectivity index (χ0) is 14.8. The van der Waals surface area contributed by atoms with E-state index in [-0.39, 0.29) is 10.6 Å². The molecular weight excluding hydrogens is 284 g/mol. The summed E-state index contributed by atoms with van der Waals surface area (Å²) >= 11 is 1.41. The average molecular weight is 298 g/mol. The minimum Gasteiger partial charge on any atom is -0.341 e. The zero-order valence-corrected chi connectivity index (χ0v) is 12.3. The maximum atomic E-state index is 11.4. The molecule has 3 aromatic rings. The van der Waals surface area contributed by atoms with Crippen LogP contribution in [-0.4, -0.2) is 4.92 Å². The van der Waals surface area contributed by atoms with Crippen molar-refractivity contribution in [2.24, 2.45) is 0 Å². The van der Waals surface area contributed by atoms with Crippen molar-refractivity contribution in [3.63, 3.8) is 0 Å². The van der Waals surface area contributed by atoms with E-state index in [2.05, 4.69) is 12.2 Å². The van der Waals surface area contributed by atoms with Gasteiger partial charge in [0.15, 0.2) is 5.00 Å². The number of hydrogen-bond acceptors (Lipinski definition) is 4. The molecule has 0 unspecified atom stereocenters. The highest BCUT2D eigenvalue weighted by molar-refractivity contribution is 7.23. The first-order valence-electron chi connectivity index (χ1n) is 6.71. The Morgan fingerprint density at radius 2 is 2.00 bits per heavy atom. The minimum absolute atomic E-state index is 0.150. The maximum Gasteiger partial charge on any atom is 0.311 e. The Labute approximate surface area is 126 Å². The van der Waals surface area contributed by atoms with E-state index < -0.39 is 0 Å². The van der Waals surface area contributed by atoms with Crippen LogP contribution in [0.5, 0.6) is 0 Å². The SMILES string of the molecule is CCc1cccc(Nc2sc3ccccc3c2[N+](=O)[O-])c1. The van der Waals surface area contributed by atoms with Crippen LogP contribution in [0.3, 0.4) is 0 Å². The van der Waals surface area contributed by atoms with E-state index in [1.807, 2.05) is 42.5 Å². The first kappa shape index (κ1) is 13.6. The Morgan fingerprint density at radius 1 is 1.19 bits per heavy atom. The van der Waals surface area contributed by atoms with Gasteiger partial charge in [-0.3, -0.25) is 10.1 Å². The van der Waals surface area contributed by atoms with Crippen molar-refractivity contribution < 1.29 is 4.92 Å². The molecule has 0 atom stereocenters. The Bertz CT molecular complexity index is 811. The van der Waals surface area contributed by atoms with Gasteiger partial charge >= 0.3 is 5.69 Å². The van der Waals surface area contributed by atoms with Crippen molar-refractivity contribution in [1.29, 1.82) is 0 Å². The van der Waals surface area contributed by atoms with Crippen molar-refractivity contribution in [2.45, 2.75) is 13.3 Å². The lowest BCUT2D eigenvalue weighted by atomic mass is 10.1. The van der Waals surface area contributed by atoms with E-state index in [0.29, 0.717) is 10.4 Å². The molecule has 106 valence electrons. The molecule has 1 heterocycles. The summed E-state index contributed by atoms with van der Waals surface area (Å²) in [6.07, 6.45) is 0.935. The predicted octanol–water partition coefficient (Wildman–Crippen LogP) is 5.12. The summed E-state index contributed by atoms with van der Waals surface area (Å²) in [7, 11) is 0. The third kappa shape index (κ3) is 2.60. The van der Waals surface area contributed by atoms with E-state index in [9.17, 15) is 10.1 Å². The van der Waals surface area contributed by atoms with Crippen LogP contribution >= 0.6 is 11.3 Å². The molecule has 0 spiro atoms. The van der Waals surface area contributed by atoms with Crippen molar-refractivity contribution in [3.8, 4) is 0 Å². The molecule has 0 amide bonds. The van der Waals surface area contributed by atoms with Crippen molar-refractivity contribution in [2.75, 3.05) is 5.32 Å². The number of rotatable bonds is 4. The quantitative estimate of drug-likeness (QED) is 0.537. The predicted molar refractivity (Wildman–Crippen MR) is 87.6 cm³/mol. The van der Waals surface area contributed by atoms with Crippen LogP contribution in [0.1, 0.15) is 12.5 Å². The van der Waals surface area contributed by atoms with Crippen molar-refractivity contribution in [3.05, 3.63) is 64.2 Å². The molecule has 0 aliphatic heterocycles. The summed E-state index contributed by atoms with van der Waals surface area (Å²) in [5.41, 5.74) is 2.23. The first-order chi connectivity index (χ1) is 10.2. The highest BCUT2D eigenvalue weighted by Crippen LogP contribution is 2.42. The molecule has 3 rings (SSSR count). The molecule has 2 aromatic carbocycles. The van der Waals surface area contributed by atoms with E-state index in [4.69, 9.17) is 0 Å². The second-order valence-corrected chi connectivity index (χ2v) is 5.76. The van der Waals surface area contributed by atoms with Crippen LogP contribution in [-0.2, 0) is 6.42 Å². The summed E-state index contributed by atoms with van der Waals surface area (Å²) in [5, 5.41) is 15.8. The van der Waals surface area contributed by atoms with Crippen LogP contribution in [0.25, 0.3) is 10.1 Å². The van der Waals surface area contributed by atoms with Gasteiger partial charge in [0.1, 0.15) is 0 Å². The third-order valence-electron chi connectivity index (χ3n) is 3.34. The van der Waals surface area contributed by atoms with E-state index in [1.54, 1.807) is 6.07 Å². The second kappa shape index (κ2) is 5.54. The van der Waals surface area contributed by atoms with Gasteiger partial charge in [0, 0.05) is 10.4 Å². The Balaban J connectivity index is 2.07. The van der Waals surface area contributed by atoms with Crippen LogP contribution in [0.2, 0.25) is 0 Å². The number of anilines is 2. The molecule has 0 aliphatic carbocycles. The van der Waals surface area contributed by atoms with Gasteiger partial charge in [0.05, 0.1) is 10.3 Å². The monoisotopic (exact) mass is 298 g/mol.